The summed E-state index contributed by atoms with van der Waals surface area (Å²) in [6, 6.07) is 3.70. The standard InChI is InChI=1S/C14H13F3N2/c1-2-18-6-9-3-11(8-19-7-9)10-4-12(15)14(17)13(16)5-10/h3-5,7-8,18H,2,6H2,1H3. The van der Waals surface area contributed by atoms with Crippen molar-refractivity contribution in [3.8, 4) is 11.1 Å². The van der Waals surface area contributed by atoms with Gasteiger partial charge in [0.25, 0.3) is 0 Å². The average molecular weight is 266 g/mol. The topological polar surface area (TPSA) is 24.9 Å². The van der Waals surface area contributed by atoms with Gasteiger partial charge in [-0.25, -0.2) is 13.2 Å². The van der Waals surface area contributed by atoms with E-state index in [2.05, 4.69) is 10.3 Å². The number of benzene rings is 1. The van der Waals surface area contributed by atoms with Gasteiger partial charge >= 0.3 is 0 Å². The lowest BCUT2D eigenvalue weighted by atomic mass is 10.1. The van der Waals surface area contributed by atoms with Crippen LogP contribution in [0.25, 0.3) is 11.1 Å². The molecule has 1 aromatic carbocycles. The van der Waals surface area contributed by atoms with Gasteiger partial charge in [-0.3, -0.25) is 4.98 Å². The van der Waals surface area contributed by atoms with Crippen molar-refractivity contribution in [3.05, 3.63) is 53.6 Å². The molecule has 1 N–H and O–H groups in total. The van der Waals surface area contributed by atoms with Gasteiger partial charge in [-0.05, 0) is 35.9 Å². The largest absolute Gasteiger partial charge is 0.313 e. The van der Waals surface area contributed by atoms with E-state index in [0.717, 1.165) is 24.2 Å². The van der Waals surface area contributed by atoms with Gasteiger partial charge < -0.3 is 5.32 Å². The van der Waals surface area contributed by atoms with Gasteiger partial charge in [-0.1, -0.05) is 6.92 Å². The number of aromatic nitrogens is 1. The second kappa shape index (κ2) is 5.84. The lowest BCUT2D eigenvalue weighted by Crippen LogP contribution is -2.11. The van der Waals surface area contributed by atoms with Crippen LogP contribution in [0.5, 0.6) is 0 Å². The minimum absolute atomic E-state index is 0.266. The highest BCUT2D eigenvalue weighted by molar-refractivity contribution is 5.63. The molecule has 100 valence electrons. The summed E-state index contributed by atoms with van der Waals surface area (Å²) in [4.78, 5) is 4.02. The van der Waals surface area contributed by atoms with E-state index in [4.69, 9.17) is 0 Å². The molecule has 19 heavy (non-hydrogen) atoms. The zero-order chi connectivity index (χ0) is 13.8. The first-order chi connectivity index (χ1) is 9.11. The van der Waals surface area contributed by atoms with Gasteiger partial charge in [0.15, 0.2) is 17.5 Å². The zero-order valence-electron chi connectivity index (χ0n) is 10.4. The fourth-order valence-corrected chi connectivity index (χ4v) is 1.73. The lowest BCUT2D eigenvalue weighted by Gasteiger charge is -2.06. The van der Waals surface area contributed by atoms with Crippen LogP contribution in [0.15, 0.2) is 30.6 Å². The molecule has 0 aliphatic carbocycles. The number of hydrogen-bond acceptors (Lipinski definition) is 2. The normalized spacial score (nSPS) is 10.7. The SMILES string of the molecule is CCNCc1cncc(-c2cc(F)c(F)c(F)c2)c1. The molecule has 2 nitrogen and oxygen atoms in total. The Morgan fingerprint density at radius 1 is 1.00 bits per heavy atom. The first-order valence-corrected chi connectivity index (χ1v) is 5.91. The summed E-state index contributed by atoms with van der Waals surface area (Å²) in [6.45, 7) is 3.40. The Kier molecular flexibility index (Phi) is 4.16. The van der Waals surface area contributed by atoms with Crippen molar-refractivity contribution in [2.45, 2.75) is 13.5 Å². The van der Waals surface area contributed by atoms with Crippen molar-refractivity contribution >= 4 is 0 Å². The quantitative estimate of drug-likeness (QED) is 0.859. The van der Waals surface area contributed by atoms with Crippen LogP contribution in [-0.4, -0.2) is 11.5 Å². The van der Waals surface area contributed by atoms with E-state index in [9.17, 15) is 13.2 Å². The minimum Gasteiger partial charge on any atom is -0.313 e. The fourth-order valence-electron chi connectivity index (χ4n) is 1.73. The molecular weight excluding hydrogens is 253 g/mol. The van der Waals surface area contributed by atoms with Gasteiger partial charge in [-0.15, -0.1) is 0 Å². The van der Waals surface area contributed by atoms with Crippen LogP contribution in [0.4, 0.5) is 13.2 Å². The predicted octanol–water partition coefficient (Wildman–Crippen LogP) is 3.28. The maximum atomic E-state index is 13.2. The molecule has 0 aliphatic rings. The molecule has 0 radical (unpaired) electrons. The second-order valence-corrected chi connectivity index (χ2v) is 4.12. The van der Waals surface area contributed by atoms with E-state index in [1.807, 2.05) is 6.92 Å². The van der Waals surface area contributed by atoms with Crippen LogP contribution < -0.4 is 5.32 Å². The Morgan fingerprint density at radius 3 is 2.32 bits per heavy atom. The van der Waals surface area contributed by atoms with E-state index >= 15 is 0 Å². The third-order valence-corrected chi connectivity index (χ3v) is 2.69. The molecule has 0 atom stereocenters. The number of nitrogens with zero attached hydrogens (tertiary/aromatic N) is 1. The van der Waals surface area contributed by atoms with Gasteiger partial charge in [0.1, 0.15) is 0 Å². The molecule has 0 fully saturated rings. The van der Waals surface area contributed by atoms with Gasteiger partial charge in [0, 0.05) is 24.5 Å². The Labute approximate surface area is 109 Å². The third-order valence-electron chi connectivity index (χ3n) is 2.69. The highest BCUT2D eigenvalue weighted by Crippen LogP contribution is 2.23. The number of nitrogens with one attached hydrogen (secondary N) is 1. The van der Waals surface area contributed by atoms with Crippen LogP contribution in [-0.2, 0) is 6.54 Å². The fraction of sp³-hybridized carbons (Fsp3) is 0.214. The molecule has 0 aliphatic heterocycles. The molecule has 0 bridgehead atoms. The van der Waals surface area contributed by atoms with Crippen molar-refractivity contribution in [2.75, 3.05) is 6.54 Å². The Morgan fingerprint density at radius 2 is 1.68 bits per heavy atom. The summed E-state index contributed by atoms with van der Waals surface area (Å²) < 4.78 is 39.3. The molecule has 5 heteroatoms. The van der Waals surface area contributed by atoms with Crippen LogP contribution in [0.3, 0.4) is 0 Å². The average Bonchev–Trinajstić information content (AvgIpc) is 2.42. The lowest BCUT2D eigenvalue weighted by molar-refractivity contribution is 0.447. The first-order valence-electron chi connectivity index (χ1n) is 5.91. The van der Waals surface area contributed by atoms with Crippen molar-refractivity contribution in [1.82, 2.24) is 10.3 Å². The highest BCUT2D eigenvalue weighted by atomic mass is 19.2. The summed E-state index contributed by atoms with van der Waals surface area (Å²) in [5, 5.41) is 3.13. The maximum absolute atomic E-state index is 13.2. The molecule has 0 saturated carbocycles. The van der Waals surface area contributed by atoms with Crippen molar-refractivity contribution in [1.29, 1.82) is 0 Å². The Bertz CT molecular complexity index is 562. The van der Waals surface area contributed by atoms with E-state index < -0.39 is 17.5 Å². The minimum atomic E-state index is -1.46. The predicted molar refractivity (Wildman–Crippen MR) is 66.9 cm³/mol. The maximum Gasteiger partial charge on any atom is 0.194 e. The van der Waals surface area contributed by atoms with Crippen LogP contribution in [0, 0.1) is 17.5 Å². The summed E-state index contributed by atoms with van der Waals surface area (Å²) >= 11 is 0. The summed E-state index contributed by atoms with van der Waals surface area (Å²) in [7, 11) is 0. The Balaban J connectivity index is 2.36. The molecule has 0 spiro atoms. The van der Waals surface area contributed by atoms with Gasteiger partial charge in [-0.2, -0.15) is 0 Å². The molecule has 0 amide bonds. The third kappa shape index (κ3) is 3.12. The van der Waals surface area contributed by atoms with Crippen molar-refractivity contribution in [2.24, 2.45) is 0 Å². The molecule has 1 aromatic heterocycles. The first kappa shape index (κ1) is 13.5. The number of halogens is 3. The summed E-state index contributed by atoms with van der Waals surface area (Å²) in [5.74, 6) is -3.86. The van der Waals surface area contributed by atoms with Crippen LogP contribution in [0.1, 0.15) is 12.5 Å². The van der Waals surface area contributed by atoms with Gasteiger partial charge in [0.05, 0.1) is 0 Å². The molecule has 0 unspecified atom stereocenters. The van der Waals surface area contributed by atoms with E-state index in [-0.39, 0.29) is 5.56 Å². The van der Waals surface area contributed by atoms with Crippen LogP contribution in [0.2, 0.25) is 0 Å². The van der Waals surface area contributed by atoms with E-state index in [1.54, 1.807) is 12.3 Å². The molecule has 2 aromatic rings. The van der Waals surface area contributed by atoms with Crippen molar-refractivity contribution in [3.63, 3.8) is 0 Å². The second-order valence-electron chi connectivity index (χ2n) is 4.12. The Hall–Kier alpha value is -1.88. The van der Waals surface area contributed by atoms with Gasteiger partial charge in [0.2, 0.25) is 0 Å². The van der Waals surface area contributed by atoms with E-state index in [1.165, 1.54) is 6.20 Å². The highest BCUT2D eigenvalue weighted by Gasteiger charge is 2.11. The van der Waals surface area contributed by atoms with Crippen molar-refractivity contribution < 1.29 is 13.2 Å². The number of rotatable bonds is 4. The molecule has 2 rings (SSSR count). The zero-order valence-corrected chi connectivity index (χ0v) is 10.4. The number of pyridine rings is 1. The molecular formula is C14H13F3N2. The summed E-state index contributed by atoms with van der Waals surface area (Å²) in [5.41, 5.74) is 1.71. The summed E-state index contributed by atoms with van der Waals surface area (Å²) in [6.07, 6.45) is 3.16. The molecule has 1 heterocycles. The molecule has 0 saturated heterocycles. The monoisotopic (exact) mass is 266 g/mol. The van der Waals surface area contributed by atoms with E-state index in [0.29, 0.717) is 12.1 Å². The van der Waals surface area contributed by atoms with Crippen LogP contribution >= 0.6 is 0 Å². The number of hydrogen-bond donors (Lipinski definition) is 1. The smallest absolute Gasteiger partial charge is 0.194 e.